The van der Waals surface area contributed by atoms with Crippen LogP contribution in [0.4, 0.5) is 10.8 Å². The minimum atomic E-state index is -0.333. The number of nitrogens with one attached hydrogen (secondary N) is 1. The van der Waals surface area contributed by atoms with Crippen molar-refractivity contribution in [2.24, 2.45) is 0 Å². The summed E-state index contributed by atoms with van der Waals surface area (Å²) in [4.78, 5) is 46.0. The van der Waals surface area contributed by atoms with E-state index in [1.165, 1.54) is 16.2 Å². The van der Waals surface area contributed by atoms with E-state index in [0.717, 1.165) is 11.4 Å². The Labute approximate surface area is 177 Å². The predicted molar refractivity (Wildman–Crippen MR) is 112 cm³/mol. The van der Waals surface area contributed by atoms with Gasteiger partial charge in [-0.05, 0) is 38.5 Å². The maximum absolute atomic E-state index is 12.8. The third-order valence-electron chi connectivity index (χ3n) is 5.57. The first kappa shape index (κ1) is 19.0. The van der Waals surface area contributed by atoms with Crippen LogP contribution in [0.1, 0.15) is 52.4 Å². The molecule has 0 bridgehead atoms. The van der Waals surface area contributed by atoms with Crippen LogP contribution in [0.2, 0.25) is 0 Å². The molecule has 1 saturated heterocycles. The minimum Gasteiger partial charge on any atom is -0.490 e. The molecule has 5 rings (SSSR count). The molecule has 9 heteroatoms. The number of aromatic nitrogens is 1. The summed E-state index contributed by atoms with van der Waals surface area (Å²) in [5.74, 6) is 0.135. The number of hydrogen-bond acceptors (Lipinski definition) is 7. The molecule has 4 heterocycles. The van der Waals surface area contributed by atoms with E-state index in [2.05, 4.69) is 5.32 Å². The maximum Gasteiger partial charge on any atom is 0.263 e. The van der Waals surface area contributed by atoms with Crippen molar-refractivity contribution < 1.29 is 19.1 Å². The monoisotopic (exact) mass is 426 g/mol. The van der Waals surface area contributed by atoms with E-state index >= 15 is 0 Å². The molecule has 0 unspecified atom stereocenters. The van der Waals surface area contributed by atoms with E-state index < -0.39 is 0 Å². The van der Waals surface area contributed by atoms with E-state index in [1.807, 2.05) is 18.7 Å². The topological polar surface area (TPSA) is 91.8 Å². The molecule has 3 aliphatic heterocycles. The largest absolute Gasteiger partial charge is 0.490 e. The Hall–Kier alpha value is -2.94. The number of anilines is 2. The first-order valence-electron chi connectivity index (χ1n) is 10.0. The first-order chi connectivity index (χ1) is 14.3. The fourth-order valence-corrected chi connectivity index (χ4v) is 5.16. The lowest BCUT2D eigenvalue weighted by Gasteiger charge is -2.30. The summed E-state index contributed by atoms with van der Waals surface area (Å²) in [7, 11) is 0. The number of nitrogens with zero attached hydrogens (tertiary/aromatic N) is 3. The molecule has 1 aromatic heterocycles. The number of imide groups is 1. The molecule has 1 N–H and O–H groups in total. The van der Waals surface area contributed by atoms with Gasteiger partial charge in [0.25, 0.3) is 11.8 Å². The number of ether oxygens (including phenoxy) is 1. The van der Waals surface area contributed by atoms with Crippen molar-refractivity contribution in [1.82, 2.24) is 15.2 Å². The second kappa shape index (κ2) is 6.80. The van der Waals surface area contributed by atoms with Crippen LogP contribution in [0, 0.1) is 0 Å². The highest BCUT2D eigenvalue weighted by Crippen LogP contribution is 2.41. The molecule has 30 heavy (non-hydrogen) atoms. The third kappa shape index (κ3) is 3.13. The lowest BCUT2D eigenvalue weighted by atomic mass is 9.94. The summed E-state index contributed by atoms with van der Waals surface area (Å²) in [6, 6.07) is 5.21. The molecular weight excluding hydrogens is 404 g/mol. The van der Waals surface area contributed by atoms with Crippen LogP contribution in [0.15, 0.2) is 18.2 Å². The summed E-state index contributed by atoms with van der Waals surface area (Å²) < 4.78 is 5.78. The molecule has 0 spiro atoms. The summed E-state index contributed by atoms with van der Waals surface area (Å²) in [6.07, 6.45) is 1.78. The van der Waals surface area contributed by atoms with E-state index in [-0.39, 0.29) is 23.3 Å². The zero-order valence-corrected chi connectivity index (χ0v) is 17.7. The second-order valence-electron chi connectivity index (χ2n) is 8.42. The molecule has 1 aromatic carbocycles. The molecule has 2 aromatic rings. The van der Waals surface area contributed by atoms with Crippen LogP contribution in [-0.4, -0.2) is 52.8 Å². The van der Waals surface area contributed by atoms with Gasteiger partial charge >= 0.3 is 0 Å². The molecular formula is C21H22N4O4S. The minimum absolute atomic E-state index is 0.102. The molecule has 156 valence electrons. The summed E-state index contributed by atoms with van der Waals surface area (Å²) in [6.45, 7) is 5.46. The van der Waals surface area contributed by atoms with Crippen LogP contribution in [0.3, 0.4) is 0 Å². The van der Waals surface area contributed by atoms with Crippen molar-refractivity contribution in [3.8, 4) is 5.75 Å². The van der Waals surface area contributed by atoms with E-state index in [0.29, 0.717) is 60.3 Å². The highest BCUT2D eigenvalue weighted by Gasteiger charge is 2.35. The van der Waals surface area contributed by atoms with E-state index in [1.54, 1.807) is 18.2 Å². The van der Waals surface area contributed by atoms with Gasteiger partial charge in [-0.3, -0.25) is 19.3 Å². The molecule has 0 radical (unpaired) electrons. The van der Waals surface area contributed by atoms with Crippen molar-refractivity contribution >= 4 is 39.9 Å². The number of amides is 3. The van der Waals surface area contributed by atoms with Crippen LogP contribution in [0.5, 0.6) is 5.75 Å². The van der Waals surface area contributed by atoms with Gasteiger partial charge in [0, 0.05) is 30.5 Å². The molecule has 1 fully saturated rings. The van der Waals surface area contributed by atoms with Crippen molar-refractivity contribution in [1.29, 1.82) is 0 Å². The first-order valence-corrected chi connectivity index (χ1v) is 10.9. The fraction of sp³-hybridized carbons (Fsp3) is 0.429. The summed E-state index contributed by atoms with van der Waals surface area (Å²) in [5, 5.41) is 3.72. The van der Waals surface area contributed by atoms with Gasteiger partial charge in [0.2, 0.25) is 5.91 Å². The fourth-order valence-electron chi connectivity index (χ4n) is 4.15. The maximum atomic E-state index is 12.8. The van der Waals surface area contributed by atoms with Crippen LogP contribution < -0.4 is 15.0 Å². The third-order valence-corrected chi connectivity index (χ3v) is 6.69. The Morgan fingerprint density at radius 2 is 2.10 bits per heavy atom. The molecule has 0 atom stereocenters. The van der Waals surface area contributed by atoms with Crippen LogP contribution in [0.25, 0.3) is 0 Å². The number of rotatable bonds is 2. The molecule has 8 nitrogen and oxygen atoms in total. The number of likely N-dealkylation sites (tertiary alicyclic amines) is 1. The lowest BCUT2D eigenvalue weighted by molar-refractivity contribution is -0.125. The standard InChI is InChI=1S/C21H22N4O4S/c1-21(2)11-13-17(18(27)23-21)30-20(22-13)24-8-9-29-15-6-5-12(10-14(15)24)19(28)25-7-3-4-16(25)26/h5-6,10H,3-4,7-9,11H2,1-2H3,(H,23,27). The highest BCUT2D eigenvalue weighted by atomic mass is 32.1. The molecule has 3 amide bonds. The quantitative estimate of drug-likeness (QED) is 0.742. The molecule has 0 saturated carbocycles. The van der Waals surface area contributed by atoms with Gasteiger partial charge in [-0.2, -0.15) is 0 Å². The Kier molecular flexibility index (Phi) is 4.32. The Balaban J connectivity index is 1.51. The van der Waals surface area contributed by atoms with Crippen molar-refractivity contribution in [3.63, 3.8) is 0 Å². The normalized spacial score (nSPS) is 19.8. The van der Waals surface area contributed by atoms with Gasteiger partial charge < -0.3 is 15.0 Å². The van der Waals surface area contributed by atoms with Gasteiger partial charge in [0.1, 0.15) is 17.2 Å². The van der Waals surface area contributed by atoms with Gasteiger partial charge in [-0.15, -0.1) is 0 Å². The summed E-state index contributed by atoms with van der Waals surface area (Å²) in [5.41, 5.74) is 1.64. The number of carbonyl (C=O) groups is 3. The number of carbonyl (C=O) groups excluding carboxylic acids is 3. The number of hydrogen-bond donors (Lipinski definition) is 1. The lowest BCUT2D eigenvalue weighted by Crippen LogP contribution is -2.48. The molecule has 3 aliphatic rings. The number of fused-ring (bicyclic) bond motifs is 2. The zero-order valence-electron chi connectivity index (χ0n) is 16.9. The number of benzene rings is 1. The Bertz CT molecular complexity index is 1080. The summed E-state index contributed by atoms with van der Waals surface area (Å²) >= 11 is 1.35. The van der Waals surface area contributed by atoms with Gasteiger partial charge in [-0.25, -0.2) is 4.98 Å². The smallest absolute Gasteiger partial charge is 0.263 e. The van der Waals surface area contributed by atoms with E-state index in [4.69, 9.17) is 9.72 Å². The van der Waals surface area contributed by atoms with Crippen molar-refractivity contribution in [2.75, 3.05) is 24.6 Å². The zero-order chi connectivity index (χ0) is 21.0. The van der Waals surface area contributed by atoms with E-state index in [9.17, 15) is 14.4 Å². The van der Waals surface area contributed by atoms with Crippen LogP contribution in [-0.2, 0) is 11.2 Å². The van der Waals surface area contributed by atoms with Crippen molar-refractivity contribution in [2.45, 2.75) is 38.6 Å². The predicted octanol–water partition coefficient (Wildman–Crippen LogP) is 2.50. The van der Waals surface area contributed by atoms with Gasteiger partial charge in [0.05, 0.1) is 17.9 Å². The van der Waals surface area contributed by atoms with Crippen LogP contribution >= 0.6 is 11.3 Å². The molecule has 0 aliphatic carbocycles. The SMILES string of the molecule is CC1(C)Cc2nc(N3CCOc4ccc(C(=O)N5CCCC5=O)cc43)sc2C(=O)N1. The van der Waals surface area contributed by atoms with Gasteiger partial charge in [0.15, 0.2) is 5.13 Å². The number of thiazole rings is 1. The van der Waals surface area contributed by atoms with Gasteiger partial charge in [-0.1, -0.05) is 11.3 Å². The highest BCUT2D eigenvalue weighted by molar-refractivity contribution is 7.17. The average Bonchev–Trinajstić information content (AvgIpc) is 3.32. The van der Waals surface area contributed by atoms with Crippen molar-refractivity contribution in [3.05, 3.63) is 34.3 Å². The average molecular weight is 426 g/mol. The second-order valence-corrected chi connectivity index (χ2v) is 9.40. The Morgan fingerprint density at radius 3 is 2.87 bits per heavy atom. The Morgan fingerprint density at radius 1 is 1.27 bits per heavy atom.